The van der Waals surface area contributed by atoms with Crippen molar-refractivity contribution in [2.75, 3.05) is 19.0 Å². The summed E-state index contributed by atoms with van der Waals surface area (Å²) >= 11 is 0. The normalized spacial score (nSPS) is 16.4. The predicted molar refractivity (Wildman–Crippen MR) is 68.1 cm³/mol. The number of ether oxygens (including phenoxy) is 1. The Morgan fingerprint density at radius 1 is 1.35 bits per heavy atom. The predicted octanol–water partition coefficient (Wildman–Crippen LogP) is 2.71. The molecule has 0 unspecified atom stereocenters. The number of rotatable bonds is 5. The van der Waals surface area contributed by atoms with Gasteiger partial charge in [-0.25, -0.2) is 9.97 Å². The van der Waals surface area contributed by atoms with Crippen LogP contribution < -0.4 is 5.32 Å². The highest BCUT2D eigenvalue weighted by molar-refractivity contribution is 5.36. The van der Waals surface area contributed by atoms with Crippen molar-refractivity contribution in [3.63, 3.8) is 0 Å². The lowest BCUT2D eigenvalue weighted by molar-refractivity contribution is 0.181. The standard InChI is InChI=1S/C13H21N3O/c1-3-14-12-8-11(9-17-2)15-13(16-12)10-6-4-5-7-10/h8,10H,3-7,9H2,1-2H3,(H,14,15,16). The van der Waals surface area contributed by atoms with Crippen LogP contribution in [0.2, 0.25) is 0 Å². The highest BCUT2D eigenvalue weighted by atomic mass is 16.5. The number of hydrogen-bond donors (Lipinski definition) is 1. The molecule has 0 atom stereocenters. The molecule has 17 heavy (non-hydrogen) atoms. The SMILES string of the molecule is CCNc1cc(COC)nc(C2CCCC2)n1. The minimum absolute atomic E-state index is 0.546. The van der Waals surface area contributed by atoms with Crippen LogP contribution in [0.3, 0.4) is 0 Å². The van der Waals surface area contributed by atoms with Crippen LogP contribution in [-0.2, 0) is 11.3 Å². The molecule has 0 aliphatic heterocycles. The van der Waals surface area contributed by atoms with Crippen LogP contribution in [0.25, 0.3) is 0 Å². The molecule has 1 fully saturated rings. The van der Waals surface area contributed by atoms with Crippen LogP contribution in [0.1, 0.15) is 50.0 Å². The molecule has 2 rings (SSSR count). The molecule has 4 nitrogen and oxygen atoms in total. The minimum atomic E-state index is 0.546. The van der Waals surface area contributed by atoms with Gasteiger partial charge in [0.05, 0.1) is 12.3 Å². The third-order valence-electron chi connectivity index (χ3n) is 3.17. The molecule has 0 spiro atoms. The zero-order valence-electron chi connectivity index (χ0n) is 10.7. The molecule has 0 radical (unpaired) electrons. The van der Waals surface area contributed by atoms with Crippen molar-refractivity contribution in [2.45, 2.75) is 45.1 Å². The zero-order valence-corrected chi connectivity index (χ0v) is 10.7. The highest BCUT2D eigenvalue weighted by Crippen LogP contribution is 2.32. The van der Waals surface area contributed by atoms with E-state index in [1.54, 1.807) is 7.11 Å². The molecule has 1 N–H and O–H groups in total. The van der Waals surface area contributed by atoms with E-state index in [1.807, 2.05) is 6.07 Å². The second-order valence-electron chi connectivity index (χ2n) is 4.55. The fraction of sp³-hybridized carbons (Fsp3) is 0.692. The average molecular weight is 235 g/mol. The van der Waals surface area contributed by atoms with Crippen LogP contribution >= 0.6 is 0 Å². The second-order valence-corrected chi connectivity index (χ2v) is 4.55. The van der Waals surface area contributed by atoms with Gasteiger partial charge in [-0.2, -0.15) is 0 Å². The van der Waals surface area contributed by atoms with E-state index in [1.165, 1.54) is 25.7 Å². The summed E-state index contributed by atoms with van der Waals surface area (Å²) in [5.74, 6) is 2.47. The van der Waals surface area contributed by atoms with Crippen LogP contribution in [0.5, 0.6) is 0 Å². The van der Waals surface area contributed by atoms with Crippen molar-refractivity contribution >= 4 is 5.82 Å². The van der Waals surface area contributed by atoms with E-state index in [0.29, 0.717) is 12.5 Å². The van der Waals surface area contributed by atoms with E-state index in [0.717, 1.165) is 23.9 Å². The van der Waals surface area contributed by atoms with Gasteiger partial charge in [0, 0.05) is 25.6 Å². The first-order chi connectivity index (χ1) is 8.33. The summed E-state index contributed by atoms with van der Waals surface area (Å²) in [5.41, 5.74) is 0.973. The lowest BCUT2D eigenvalue weighted by Gasteiger charge is -2.12. The summed E-state index contributed by atoms with van der Waals surface area (Å²) in [6.45, 7) is 3.52. The highest BCUT2D eigenvalue weighted by Gasteiger charge is 2.20. The molecule has 1 aromatic heterocycles. The first-order valence-electron chi connectivity index (χ1n) is 6.44. The van der Waals surface area contributed by atoms with Gasteiger partial charge < -0.3 is 10.1 Å². The number of methoxy groups -OCH3 is 1. The molecule has 0 bridgehead atoms. The lowest BCUT2D eigenvalue weighted by Crippen LogP contribution is -2.09. The van der Waals surface area contributed by atoms with Gasteiger partial charge >= 0.3 is 0 Å². The lowest BCUT2D eigenvalue weighted by atomic mass is 10.1. The van der Waals surface area contributed by atoms with E-state index < -0.39 is 0 Å². The quantitative estimate of drug-likeness (QED) is 0.852. The maximum Gasteiger partial charge on any atom is 0.134 e. The molecule has 1 aromatic rings. The summed E-state index contributed by atoms with van der Waals surface area (Å²) in [6.07, 6.45) is 5.06. The maximum atomic E-state index is 5.16. The van der Waals surface area contributed by atoms with Crippen LogP contribution in [0.4, 0.5) is 5.82 Å². The molecule has 0 aromatic carbocycles. The molecule has 1 aliphatic carbocycles. The molecule has 1 saturated carbocycles. The van der Waals surface area contributed by atoms with Crippen LogP contribution in [-0.4, -0.2) is 23.6 Å². The molecular weight excluding hydrogens is 214 g/mol. The first kappa shape index (κ1) is 12.3. The number of aromatic nitrogens is 2. The number of nitrogens with zero attached hydrogens (tertiary/aromatic N) is 2. The first-order valence-corrected chi connectivity index (χ1v) is 6.44. The van der Waals surface area contributed by atoms with Gasteiger partial charge in [0.15, 0.2) is 0 Å². The fourth-order valence-electron chi connectivity index (χ4n) is 2.38. The smallest absolute Gasteiger partial charge is 0.134 e. The Balaban J connectivity index is 2.22. The Hall–Kier alpha value is -1.16. The number of nitrogens with one attached hydrogen (secondary N) is 1. The van der Waals surface area contributed by atoms with Gasteiger partial charge in [0.25, 0.3) is 0 Å². The maximum absolute atomic E-state index is 5.16. The molecule has 4 heteroatoms. The van der Waals surface area contributed by atoms with Gasteiger partial charge in [0.2, 0.25) is 0 Å². The van der Waals surface area contributed by atoms with E-state index in [4.69, 9.17) is 4.74 Å². The van der Waals surface area contributed by atoms with Gasteiger partial charge in [-0.05, 0) is 19.8 Å². The Bertz CT molecular complexity index is 337. The zero-order chi connectivity index (χ0) is 12.1. The molecule has 0 amide bonds. The van der Waals surface area contributed by atoms with Crippen molar-refractivity contribution in [1.82, 2.24) is 9.97 Å². The minimum Gasteiger partial charge on any atom is -0.378 e. The third kappa shape index (κ3) is 3.16. The van der Waals surface area contributed by atoms with Crippen LogP contribution in [0.15, 0.2) is 6.07 Å². The van der Waals surface area contributed by atoms with Gasteiger partial charge in [-0.15, -0.1) is 0 Å². The molecule has 0 saturated heterocycles. The van der Waals surface area contributed by atoms with Crippen LogP contribution in [0, 0.1) is 0 Å². The Morgan fingerprint density at radius 2 is 2.12 bits per heavy atom. The third-order valence-corrected chi connectivity index (χ3v) is 3.17. The molecule has 94 valence electrons. The Kier molecular flexibility index (Phi) is 4.31. The van der Waals surface area contributed by atoms with Gasteiger partial charge in [0.1, 0.15) is 11.6 Å². The van der Waals surface area contributed by atoms with Crippen molar-refractivity contribution in [2.24, 2.45) is 0 Å². The number of hydrogen-bond acceptors (Lipinski definition) is 4. The summed E-state index contributed by atoms with van der Waals surface area (Å²) < 4.78 is 5.16. The Labute approximate surface area is 103 Å². The largest absolute Gasteiger partial charge is 0.378 e. The summed E-state index contributed by atoms with van der Waals surface area (Å²) in [7, 11) is 1.70. The van der Waals surface area contributed by atoms with Crippen molar-refractivity contribution in [3.8, 4) is 0 Å². The molecular formula is C13H21N3O. The number of anilines is 1. The molecule has 1 heterocycles. The molecule has 1 aliphatic rings. The van der Waals surface area contributed by atoms with Gasteiger partial charge in [-0.1, -0.05) is 12.8 Å². The van der Waals surface area contributed by atoms with E-state index in [9.17, 15) is 0 Å². The second kappa shape index (κ2) is 5.96. The fourth-order valence-corrected chi connectivity index (χ4v) is 2.38. The van der Waals surface area contributed by atoms with Gasteiger partial charge in [-0.3, -0.25) is 0 Å². The van der Waals surface area contributed by atoms with Crippen molar-refractivity contribution < 1.29 is 4.74 Å². The Morgan fingerprint density at radius 3 is 2.76 bits per heavy atom. The van der Waals surface area contributed by atoms with E-state index in [2.05, 4.69) is 22.2 Å². The average Bonchev–Trinajstić information content (AvgIpc) is 2.83. The summed E-state index contributed by atoms with van der Waals surface area (Å²) in [4.78, 5) is 9.22. The van der Waals surface area contributed by atoms with Crippen molar-refractivity contribution in [3.05, 3.63) is 17.6 Å². The van der Waals surface area contributed by atoms with E-state index in [-0.39, 0.29) is 0 Å². The van der Waals surface area contributed by atoms with Crippen molar-refractivity contribution in [1.29, 1.82) is 0 Å². The topological polar surface area (TPSA) is 47.0 Å². The summed E-state index contributed by atoms with van der Waals surface area (Å²) in [6, 6.07) is 1.98. The monoisotopic (exact) mass is 235 g/mol. The summed E-state index contributed by atoms with van der Waals surface area (Å²) in [5, 5.41) is 3.26. The van der Waals surface area contributed by atoms with E-state index >= 15 is 0 Å².